The molecule has 0 fully saturated rings. The van der Waals surface area contributed by atoms with Gasteiger partial charge in [-0.3, -0.25) is 14.7 Å². The van der Waals surface area contributed by atoms with Crippen molar-refractivity contribution in [2.24, 2.45) is 0 Å². The first kappa shape index (κ1) is 11.8. The standard InChI is InChI=1S/C16H17N3/c1-3-13-12-19(16-7-5-4-6-15(13)16)18(2)14-8-10-17-11-9-14/h4-12H,3H2,1-2H3. The van der Waals surface area contributed by atoms with E-state index in [1.54, 1.807) is 0 Å². The predicted octanol–water partition coefficient (Wildman–Crippen LogP) is 3.50. The van der Waals surface area contributed by atoms with Crippen LogP contribution in [0.2, 0.25) is 0 Å². The van der Waals surface area contributed by atoms with Crippen LogP contribution in [-0.2, 0) is 6.42 Å². The number of pyridine rings is 1. The molecule has 3 heteroatoms. The lowest BCUT2D eigenvalue weighted by Gasteiger charge is -2.21. The summed E-state index contributed by atoms with van der Waals surface area (Å²) in [5.41, 5.74) is 3.73. The Kier molecular flexibility index (Phi) is 2.95. The number of fused-ring (bicyclic) bond motifs is 1. The van der Waals surface area contributed by atoms with E-state index in [4.69, 9.17) is 0 Å². The quantitative estimate of drug-likeness (QED) is 0.710. The van der Waals surface area contributed by atoms with E-state index in [0.29, 0.717) is 0 Å². The van der Waals surface area contributed by atoms with Crippen LogP contribution < -0.4 is 5.01 Å². The molecule has 0 bridgehead atoms. The van der Waals surface area contributed by atoms with Gasteiger partial charge in [0.2, 0.25) is 0 Å². The second-order valence-electron chi connectivity index (χ2n) is 4.60. The van der Waals surface area contributed by atoms with Crippen molar-refractivity contribution in [3.8, 4) is 0 Å². The molecule has 0 spiro atoms. The van der Waals surface area contributed by atoms with Crippen LogP contribution in [0.25, 0.3) is 10.9 Å². The molecule has 2 aromatic heterocycles. The van der Waals surface area contributed by atoms with Crippen molar-refractivity contribution < 1.29 is 0 Å². The van der Waals surface area contributed by atoms with Crippen LogP contribution in [0.5, 0.6) is 0 Å². The lowest BCUT2D eigenvalue weighted by Crippen LogP contribution is -2.23. The number of nitrogens with zero attached hydrogens (tertiary/aromatic N) is 3. The van der Waals surface area contributed by atoms with Crippen molar-refractivity contribution in [3.63, 3.8) is 0 Å². The third kappa shape index (κ3) is 1.97. The van der Waals surface area contributed by atoms with E-state index in [-0.39, 0.29) is 0 Å². The summed E-state index contributed by atoms with van der Waals surface area (Å²) >= 11 is 0. The fourth-order valence-electron chi connectivity index (χ4n) is 2.45. The van der Waals surface area contributed by atoms with Gasteiger partial charge in [0.05, 0.1) is 11.2 Å². The van der Waals surface area contributed by atoms with E-state index in [1.807, 2.05) is 24.5 Å². The van der Waals surface area contributed by atoms with Gasteiger partial charge in [-0.25, -0.2) is 0 Å². The van der Waals surface area contributed by atoms with Gasteiger partial charge in [0.25, 0.3) is 0 Å². The summed E-state index contributed by atoms with van der Waals surface area (Å²) in [6, 6.07) is 12.6. The van der Waals surface area contributed by atoms with Crippen molar-refractivity contribution in [2.75, 3.05) is 12.1 Å². The Morgan fingerprint density at radius 3 is 2.58 bits per heavy atom. The number of benzene rings is 1. The van der Waals surface area contributed by atoms with Crippen molar-refractivity contribution in [3.05, 3.63) is 60.6 Å². The summed E-state index contributed by atoms with van der Waals surface area (Å²) in [5.74, 6) is 0. The molecule has 19 heavy (non-hydrogen) atoms. The lowest BCUT2D eigenvalue weighted by molar-refractivity contribution is 0.802. The molecule has 0 atom stereocenters. The Bertz CT molecular complexity index is 686. The van der Waals surface area contributed by atoms with Crippen LogP contribution in [0.3, 0.4) is 0 Å². The van der Waals surface area contributed by atoms with Crippen molar-refractivity contribution in [2.45, 2.75) is 13.3 Å². The molecular weight excluding hydrogens is 234 g/mol. The molecule has 0 aliphatic heterocycles. The molecule has 2 heterocycles. The number of para-hydroxylation sites is 1. The molecule has 0 amide bonds. The number of hydrogen-bond acceptors (Lipinski definition) is 2. The van der Waals surface area contributed by atoms with Gasteiger partial charge in [-0.2, -0.15) is 0 Å². The Labute approximate surface area is 113 Å². The first-order chi connectivity index (χ1) is 9.31. The van der Waals surface area contributed by atoms with E-state index in [0.717, 1.165) is 12.1 Å². The maximum absolute atomic E-state index is 4.07. The highest BCUT2D eigenvalue weighted by atomic mass is 15.5. The number of aryl methyl sites for hydroxylation is 1. The summed E-state index contributed by atoms with van der Waals surface area (Å²) in [4.78, 5) is 4.07. The molecule has 0 N–H and O–H groups in total. The molecule has 3 aromatic rings. The third-order valence-corrected chi connectivity index (χ3v) is 3.52. The van der Waals surface area contributed by atoms with Gasteiger partial charge in [0.1, 0.15) is 0 Å². The molecule has 1 aromatic carbocycles. The summed E-state index contributed by atoms with van der Waals surface area (Å²) in [6.45, 7) is 2.19. The Hall–Kier alpha value is -2.29. The van der Waals surface area contributed by atoms with Gasteiger partial charge in [-0.05, 0) is 30.2 Å². The number of hydrogen-bond donors (Lipinski definition) is 0. The fraction of sp³-hybridized carbons (Fsp3) is 0.188. The maximum atomic E-state index is 4.07. The second-order valence-corrected chi connectivity index (χ2v) is 4.60. The first-order valence-corrected chi connectivity index (χ1v) is 6.54. The average molecular weight is 251 g/mol. The van der Waals surface area contributed by atoms with Crippen LogP contribution in [0.15, 0.2) is 55.0 Å². The molecule has 0 saturated carbocycles. The van der Waals surface area contributed by atoms with E-state index >= 15 is 0 Å². The maximum Gasteiger partial charge on any atom is 0.0701 e. The normalized spacial score (nSPS) is 10.8. The van der Waals surface area contributed by atoms with Crippen LogP contribution in [-0.4, -0.2) is 16.7 Å². The fourth-order valence-corrected chi connectivity index (χ4v) is 2.45. The molecule has 0 aliphatic carbocycles. The first-order valence-electron chi connectivity index (χ1n) is 6.54. The average Bonchev–Trinajstić information content (AvgIpc) is 2.86. The Morgan fingerprint density at radius 2 is 1.84 bits per heavy atom. The van der Waals surface area contributed by atoms with E-state index in [1.165, 1.54) is 16.5 Å². The van der Waals surface area contributed by atoms with Gasteiger partial charge < -0.3 is 0 Å². The number of anilines is 1. The van der Waals surface area contributed by atoms with E-state index < -0.39 is 0 Å². The lowest BCUT2D eigenvalue weighted by atomic mass is 10.1. The zero-order valence-electron chi connectivity index (χ0n) is 11.2. The van der Waals surface area contributed by atoms with Gasteiger partial charge in [-0.15, -0.1) is 0 Å². The van der Waals surface area contributed by atoms with Crippen LogP contribution >= 0.6 is 0 Å². The molecule has 0 aliphatic rings. The van der Waals surface area contributed by atoms with Gasteiger partial charge in [0, 0.05) is 31.0 Å². The van der Waals surface area contributed by atoms with Gasteiger partial charge in [-0.1, -0.05) is 25.1 Å². The summed E-state index contributed by atoms with van der Waals surface area (Å²) in [7, 11) is 2.07. The van der Waals surface area contributed by atoms with Gasteiger partial charge in [0.15, 0.2) is 0 Å². The highest BCUT2D eigenvalue weighted by molar-refractivity contribution is 5.84. The smallest absolute Gasteiger partial charge is 0.0701 e. The Balaban J connectivity index is 2.15. The van der Waals surface area contributed by atoms with Gasteiger partial charge >= 0.3 is 0 Å². The Morgan fingerprint density at radius 1 is 1.11 bits per heavy atom. The van der Waals surface area contributed by atoms with Crippen molar-refractivity contribution in [1.82, 2.24) is 9.66 Å². The van der Waals surface area contributed by atoms with E-state index in [9.17, 15) is 0 Å². The van der Waals surface area contributed by atoms with Crippen LogP contribution in [0.4, 0.5) is 5.69 Å². The minimum absolute atomic E-state index is 1.04. The molecule has 0 unspecified atom stereocenters. The molecular formula is C16H17N3. The second kappa shape index (κ2) is 4.76. The highest BCUT2D eigenvalue weighted by Crippen LogP contribution is 2.24. The minimum atomic E-state index is 1.04. The zero-order valence-corrected chi connectivity index (χ0v) is 11.2. The molecule has 0 radical (unpaired) electrons. The third-order valence-electron chi connectivity index (χ3n) is 3.52. The topological polar surface area (TPSA) is 21.1 Å². The van der Waals surface area contributed by atoms with Crippen molar-refractivity contribution in [1.29, 1.82) is 0 Å². The molecule has 0 saturated heterocycles. The van der Waals surface area contributed by atoms with Crippen LogP contribution in [0.1, 0.15) is 12.5 Å². The van der Waals surface area contributed by atoms with E-state index in [2.05, 4.69) is 59.1 Å². The number of rotatable bonds is 3. The SMILES string of the molecule is CCc1cn(N(C)c2ccncc2)c2ccccc12. The predicted molar refractivity (Wildman–Crippen MR) is 79.4 cm³/mol. The highest BCUT2D eigenvalue weighted by Gasteiger charge is 2.10. The van der Waals surface area contributed by atoms with Crippen LogP contribution in [0, 0.1) is 0 Å². The minimum Gasteiger partial charge on any atom is -0.284 e. The number of aromatic nitrogens is 2. The largest absolute Gasteiger partial charge is 0.284 e. The summed E-state index contributed by atoms with van der Waals surface area (Å²) in [5, 5.41) is 3.47. The zero-order chi connectivity index (χ0) is 13.2. The molecule has 3 nitrogen and oxygen atoms in total. The molecule has 3 rings (SSSR count). The van der Waals surface area contributed by atoms with Crippen molar-refractivity contribution >= 4 is 16.6 Å². The summed E-state index contributed by atoms with van der Waals surface area (Å²) in [6.07, 6.45) is 6.89. The summed E-state index contributed by atoms with van der Waals surface area (Å²) < 4.78 is 2.20. The monoisotopic (exact) mass is 251 g/mol. The molecule has 96 valence electrons.